The zero-order chi connectivity index (χ0) is 24.1. The molecule has 1 amide bonds. The van der Waals surface area contributed by atoms with Crippen LogP contribution < -0.4 is 4.74 Å². The molecule has 1 aliphatic rings. The van der Waals surface area contributed by atoms with Gasteiger partial charge in [0.15, 0.2) is 0 Å². The van der Waals surface area contributed by atoms with Crippen molar-refractivity contribution in [1.29, 1.82) is 0 Å². The van der Waals surface area contributed by atoms with Gasteiger partial charge >= 0.3 is 0 Å². The molecular weight excluding hydrogens is 484 g/mol. The maximum absolute atomic E-state index is 13.1. The SMILES string of the molecule is C=CCOc1ccc(C(O)=C2C(=O)C(=O)N(CCCN(C)C)[C@@H]2c2ccc(Br)cc2)cc1C. The maximum Gasteiger partial charge on any atom is 0.295 e. The van der Waals surface area contributed by atoms with Gasteiger partial charge in [0.1, 0.15) is 18.1 Å². The zero-order valence-electron chi connectivity index (χ0n) is 19.2. The summed E-state index contributed by atoms with van der Waals surface area (Å²) in [5.41, 5.74) is 2.14. The highest BCUT2D eigenvalue weighted by Gasteiger charge is 2.45. The molecule has 0 radical (unpaired) electrons. The molecule has 1 atom stereocenters. The van der Waals surface area contributed by atoms with E-state index in [1.807, 2.05) is 50.2 Å². The number of hydrogen-bond acceptors (Lipinski definition) is 5. The van der Waals surface area contributed by atoms with E-state index in [4.69, 9.17) is 4.74 Å². The van der Waals surface area contributed by atoms with Crippen molar-refractivity contribution in [3.8, 4) is 5.75 Å². The number of amides is 1. The Bertz CT molecular complexity index is 1080. The van der Waals surface area contributed by atoms with Gasteiger partial charge in [0.05, 0.1) is 11.6 Å². The van der Waals surface area contributed by atoms with Gasteiger partial charge in [0.25, 0.3) is 11.7 Å². The average molecular weight is 513 g/mol. The van der Waals surface area contributed by atoms with Gasteiger partial charge in [-0.2, -0.15) is 0 Å². The third-order valence-electron chi connectivity index (χ3n) is 5.54. The molecule has 1 N–H and O–H groups in total. The second kappa shape index (κ2) is 10.8. The van der Waals surface area contributed by atoms with Crippen molar-refractivity contribution in [1.82, 2.24) is 9.80 Å². The molecule has 0 aliphatic carbocycles. The first-order valence-electron chi connectivity index (χ1n) is 10.8. The summed E-state index contributed by atoms with van der Waals surface area (Å²) in [5.74, 6) is -0.782. The second-order valence-electron chi connectivity index (χ2n) is 8.28. The molecule has 1 saturated heterocycles. The minimum absolute atomic E-state index is 0.103. The summed E-state index contributed by atoms with van der Waals surface area (Å²) in [6, 6.07) is 12.0. The Morgan fingerprint density at radius 1 is 1.21 bits per heavy atom. The molecule has 1 fully saturated rings. The summed E-state index contributed by atoms with van der Waals surface area (Å²) in [5, 5.41) is 11.2. The van der Waals surface area contributed by atoms with Crippen molar-refractivity contribution in [3.63, 3.8) is 0 Å². The van der Waals surface area contributed by atoms with Crippen LogP contribution in [0.2, 0.25) is 0 Å². The molecule has 1 aliphatic heterocycles. The zero-order valence-corrected chi connectivity index (χ0v) is 20.8. The highest BCUT2D eigenvalue weighted by Crippen LogP contribution is 2.40. The smallest absolute Gasteiger partial charge is 0.295 e. The number of aliphatic hydroxyl groups excluding tert-OH is 1. The van der Waals surface area contributed by atoms with Crippen molar-refractivity contribution >= 4 is 33.4 Å². The van der Waals surface area contributed by atoms with Crippen LogP contribution in [-0.2, 0) is 9.59 Å². The third-order valence-corrected chi connectivity index (χ3v) is 6.06. The number of halogens is 1. The van der Waals surface area contributed by atoms with Crippen molar-refractivity contribution in [2.75, 3.05) is 33.8 Å². The second-order valence-corrected chi connectivity index (χ2v) is 9.20. The number of benzene rings is 2. The fraction of sp³-hybridized carbons (Fsp3) is 0.308. The van der Waals surface area contributed by atoms with E-state index >= 15 is 0 Å². The standard InChI is InChI=1S/C26H29BrN2O4/c1-5-15-33-21-12-9-19(16-17(21)2)24(30)22-23(18-7-10-20(27)11-8-18)29(26(32)25(22)31)14-6-13-28(3)4/h5,7-12,16,23,30H,1,6,13-15H2,2-4H3/t23-/m1/s1. The number of aliphatic hydroxyl groups is 1. The molecule has 0 saturated carbocycles. The van der Waals surface area contributed by atoms with E-state index < -0.39 is 17.7 Å². The van der Waals surface area contributed by atoms with E-state index in [2.05, 4.69) is 22.5 Å². The minimum atomic E-state index is -0.671. The van der Waals surface area contributed by atoms with Crippen LogP contribution in [-0.4, -0.2) is 60.4 Å². The number of nitrogens with zero attached hydrogens (tertiary/aromatic N) is 2. The normalized spacial score (nSPS) is 17.6. The van der Waals surface area contributed by atoms with Crippen LogP contribution in [0, 0.1) is 6.92 Å². The number of ether oxygens (including phenoxy) is 1. The Balaban J connectivity index is 2.06. The van der Waals surface area contributed by atoms with E-state index in [0.29, 0.717) is 30.9 Å². The van der Waals surface area contributed by atoms with Gasteiger partial charge in [-0.3, -0.25) is 9.59 Å². The monoisotopic (exact) mass is 512 g/mol. The number of Topliss-reactive ketones (excluding diaryl/α,β-unsaturated/α-hetero) is 1. The van der Waals surface area contributed by atoms with Crippen molar-refractivity contribution in [2.45, 2.75) is 19.4 Å². The fourth-order valence-electron chi connectivity index (χ4n) is 3.92. The maximum atomic E-state index is 13.1. The van der Waals surface area contributed by atoms with Crippen LogP contribution in [0.3, 0.4) is 0 Å². The number of aryl methyl sites for hydroxylation is 1. The van der Waals surface area contributed by atoms with Gasteiger partial charge in [-0.05, 0) is 75.4 Å². The summed E-state index contributed by atoms with van der Waals surface area (Å²) in [7, 11) is 3.93. The number of carbonyl (C=O) groups is 2. The molecule has 6 nitrogen and oxygen atoms in total. The highest BCUT2D eigenvalue weighted by molar-refractivity contribution is 9.10. The molecular formula is C26H29BrN2O4. The summed E-state index contributed by atoms with van der Waals surface area (Å²) in [6.07, 6.45) is 2.37. The number of ketones is 1. The number of likely N-dealkylation sites (tertiary alicyclic amines) is 1. The lowest BCUT2D eigenvalue weighted by atomic mass is 9.95. The van der Waals surface area contributed by atoms with Gasteiger partial charge in [0.2, 0.25) is 0 Å². The lowest BCUT2D eigenvalue weighted by Crippen LogP contribution is -2.32. The molecule has 0 aromatic heterocycles. The third kappa shape index (κ3) is 5.54. The van der Waals surface area contributed by atoms with Crippen molar-refractivity contribution < 1.29 is 19.4 Å². The van der Waals surface area contributed by atoms with Crippen molar-refractivity contribution in [3.05, 3.63) is 81.9 Å². The van der Waals surface area contributed by atoms with Crippen LogP contribution in [0.1, 0.15) is 29.2 Å². The number of carbonyl (C=O) groups excluding carboxylic acids is 2. The fourth-order valence-corrected chi connectivity index (χ4v) is 4.19. The molecule has 0 spiro atoms. The van der Waals surface area contributed by atoms with E-state index in [-0.39, 0.29) is 11.3 Å². The van der Waals surface area contributed by atoms with E-state index in [1.54, 1.807) is 29.2 Å². The van der Waals surface area contributed by atoms with Crippen LogP contribution in [0.15, 0.2) is 65.2 Å². The predicted molar refractivity (Wildman–Crippen MR) is 133 cm³/mol. The molecule has 7 heteroatoms. The van der Waals surface area contributed by atoms with Gasteiger partial charge < -0.3 is 19.6 Å². The van der Waals surface area contributed by atoms with E-state index in [9.17, 15) is 14.7 Å². The Hall–Kier alpha value is -2.90. The lowest BCUT2D eigenvalue weighted by molar-refractivity contribution is -0.139. The number of hydrogen-bond donors (Lipinski definition) is 1. The molecule has 2 aromatic rings. The van der Waals surface area contributed by atoms with Crippen molar-refractivity contribution in [2.24, 2.45) is 0 Å². The first-order chi connectivity index (χ1) is 15.7. The molecule has 1 heterocycles. The van der Waals surface area contributed by atoms with Crippen LogP contribution in [0.25, 0.3) is 5.76 Å². The average Bonchev–Trinajstić information content (AvgIpc) is 3.03. The summed E-state index contributed by atoms with van der Waals surface area (Å²) >= 11 is 3.43. The number of rotatable bonds is 9. The predicted octanol–water partition coefficient (Wildman–Crippen LogP) is 4.70. The van der Waals surface area contributed by atoms with Gasteiger partial charge in [-0.1, -0.05) is 40.7 Å². The summed E-state index contributed by atoms with van der Waals surface area (Å²) < 4.78 is 6.50. The Labute approximate surface area is 203 Å². The Kier molecular flexibility index (Phi) is 8.10. The Morgan fingerprint density at radius 2 is 1.91 bits per heavy atom. The van der Waals surface area contributed by atoms with Gasteiger partial charge in [-0.15, -0.1) is 0 Å². The van der Waals surface area contributed by atoms with E-state index in [0.717, 1.165) is 22.1 Å². The topological polar surface area (TPSA) is 70.1 Å². The molecule has 3 rings (SSSR count). The quantitative estimate of drug-likeness (QED) is 0.228. The van der Waals surface area contributed by atoms with Crippen LogP contribution in [0.5, 0.6) is 5.75 Å². The summed E-state index contributed by atoms with van der Waals surface area (Å²) in [4.78, 5) is 29.7. The van der Waals surface area contributed by atoms with E-state index in [1.165, 1.54) is 0 Å². The van der Waals surface area contributed by atoms with Crippen LogP contribution in [0.4, 0.5) is 0 Å². The van der Waals surface area contributed by atoms with Gasteiger partial charge in [0, 0.05) is 16.6 Å². The first-order valence-corrected chi connectivity index (χ1v) is 11.6. The first kappa shape index (κ1) is 24.7. The molecule has 0 unspecified atom stereocenters. The molecule has 33 heavy (non-hydrogen) atoms. The van der Waals surface area contributed by atoms with Gasteiger partial charge in [-0.25, -0.2) is 0 Å². The Morgan fingerprint density at radius 3 is 2.52 bits per heavy atom. The molecule has 2 aromatic carbocycles. The summed E-state index contributed by atoms with van der Waals surface area (Å²) in [6.45, 7) is 7.07. The van der Waals surface area contributed by atoms with Crippen LogP contribution >= 0.6 is 15.9 Å². The molecule has 0 bridgehead atoms. The molecule has 174 valence electrons. The minimum Gasteiger partial charge on any atom is -0.507 e. The largest absolute Gasteiger partial charge is 0.507 e. The highest BCUT2D eigenvalue weighted by atomic mass is 79.9. The lowest BCUT2D eigenvalue weighted by Gasteiger charge is -2.26.